The summed E-state index contributed by atoms with van der Waals surface area (Å²) in [6.45, 7) is 3.25. The minimum absolute atomic E-state index is 0.393. The van der Waals surface area contributed by atoms with E-state index in [2.05, 4.69) is 26.5 Å². The van der Waals surface area contributed by atoms with Crippen molar-refractivity contribution in [1.82, 2.24) is 5.43 Å². The molecule has 2 aromatic carbocycles. The number of ether oxygens (including phenoxy) is 2. The van der Waals surface area contributed by atoms with Crippen LogP contribution in [0, 0.1) is 13.8 Å². The zero-order valence-corrected chi connectivity index (χ0v) is 19.8. The Morgan fingerprint density at radius 1 is 1.20 bits per heavy atom. The van der Waals surface area contributed by atoms with E-state index in [1.165, 1.54) is 20.4 Å². The van der Waals surface area contributed by atoms with E-state index in [0.29, 0.717) is 27.2 Å². The van der Waals surface area contributed by atoms with Crippen molar-refractivity contribution in [2.75, 3.05) is 31.3 Å². The number of methoxy groups -OCH3 is 2. The van der Waals surface area contributed by atoms with E-state index in [-0.39, 0.29) is 0 Å². The molecule has 0 fully saturated rings. The van der Waals surface area contributed by atoms with Gasteiger partial charge in [-0.05, 0) is 64.7 Å². The second-order valence-electron chi connectivity index (χ2n) is 6.59. The van der Waals surface area contributed by atoms with Crippen molar-refractivity contribution in [3.8, 4) is 11.5 Å². The molecule has 0 saturated heterocycles. The second-order valence-corrected chi connectivity index (χ2v) is 9.35. The lowest BCUT2D eigenvalue weighted by molar-refractivity contribution is -0.119. The maximum absolute atomic E-state index is 12.4. The van der Waals surface area contributed by atoms with Crippen molar-refractivity contribution in [2.45, 2.75) is 13.8 Å². The number of hydrogen-bond donors (Lipinski definition) is 1. The standard InChI is InChI=1S/C20H24BrN3O5S/c1-13-6-7-14(2)17(8-13)24(30(5,26)27)12-19(25)23-22-11-15-9-16(21)20(29-4)18(10-15)28-3/h6-11H,12H2,1-5H3,(H,23,25)/b22-11-. The van der Waals surface area contributed by atoms with Crippen LogP contribution >= 0.6 is 15.9 Å². The van der Waals surface area contributed by atoms with Crippen molar-refractivity contribution in [2.24, 2.45) is 5.10 Å². The predicted molar refractivity (Wildman–Crippen MR) is 121 cm³/mol. The summed E-state index contributed by atoms with van der Waals surface area (Å²) in [6, 6.07) is 8.86. The van der Waals surface area contributed by atoms with Crippen LogP contribution in [0.3, 0.4) is 0 Å². The van der Waals surface area contributed by atoms with Crippen LogP contribution in [-0.2, 0) is 14.8 Å². The lowest BCUT2D eigenvalue weighted by Crippen LogP contribution is -2.39. The van der Waals surface area contributed by atoms with Crippen LogP contribution in [0.15, 0.2) is 39.9 Å². The summed E-state index contributed by atoms with van der Waals surface area (Å²) in [6.07, 6.45) is 2.49. The first-order valence-electron chi connectivity index (χ1n) is 8.85. The van der Waals surface area contributed by atoms with Crippen LogP contribution in [0.5, 0.6) is 11.5 Å². The zero-order valence-electron chi connectivity index (χ0n) is 17.4. The Morgan fingerprint density at radius 3 is 2.50 bits per heavy atom. The van der Waals surface area contributed by atoms with Crippen LogP contribution in [0.4, 0.5) is 5.69 Å². The molecule has 0 atom stereocenters. The van der Waals surface area contributed by atoms with Gasteiger partial charge in [0.15, 0.2) is 11.5 Å². The first-order valence-corrected chi connectivity index (χ1v) is 11.5. The Labute approximate surface area is 185 Å². The molecule has 0 heterocycles. The minimum atomic E-state index is -3.67. The van der Waals surface area contributed by atoms with E-state index in [1.54, 1.807) is 25.1 Å². The highest BCUT2D eigenvalue weighted by Gasteiger charge is 2.22. The molecule has 0 radical (unpaired) electrons. The largest absolute Gasteiger partial charge is 0.493 e. The Hall–Kier alpha value is -2.59. The third-order valence-corrected chi connectivity index (χ3v) is 5.90. The van der Waals surface area contributed by atoms with Gasteiger partial charge in [0.25, 0.3) is 5.91 Å². The van der Waals surface area contributed by atoms with Gasteiger partial charge < -0.3 is 9.47 Å². The van der Waals surface area contributed by atoms with Gasteiger partial charge in [0.05, 0.1) is 36.9 Å². The van der Waals surface area contributed by atoms with Gasteiger partial charge in [-0.15, -0.1) is 0 Å². The molecule has 1 N–H and O–H groups in total. The number of aryl methyl sites for hydroxylation is 2. The van der Waals surface area contributed by atoms with Crippen molar-refractivity contribution in [1.29, 1.82) is 0 Å². The van der Waals surface area contributed by atoms with E-state index in [0.717, 1.165) is 21.7 Å². The van der Waals surface area contributed by atoms with E-state index in [4.69, 9.17) is 9.47 Å². The molecule has 0 saturated carbocycles. The van der Waals surface area contributed by atoms with Crippen molar-refractivity contribution in [3.05, 3.63) is 51.5 Å². The Morgan fingerprint density at radius 2 is 1.90 bits per heavy atom. The molecular formula is C20H24BrN3O5S. The molecule has 10 heteroatoms. The monoisotopic (exact) mass is 497 g/mol. The Balaban J connectivity index is 2.17. The van der Waals surface area contributed by atoms with Crippen LogP contribution < -0.4 is 19.2 Å². The molecule has 0 aliphatic carbocycles. The predicted octanol–water partition coefficient (Wildman–Crippen LogP) is 3.00. The van der Waals surface area contributed by atoms with E-state index in [9.17, 15) is 13.2 Å². The number of rotatable bonds is 8. The number of nitrogens with one attached hydrogen (secondary N) is 1. The highest BCUT2D eigenvalue weighted by atomic mass is 79.9. The first-order chi connectivity index (χ1) is 14.1. The third-order valence-electron chi connectivity index (χ3n) is 4.18. The number of hydrazone groups is 1. The van der Waals surface area contributed by atoms with Crippen LogP contribution in [-0.4, -0.2) is 47.6 Å². The molecule has 0 aliphatic rings. The first kappa shape index (κ1) is 23.7. The summed E-state index contributed by atoms with van der Waals surface area (Å²) in [5.41, 5.74) is 5.10. The fraction of sp³-hybridized carbons (Fsp3) is 0.300. The van der Waals surface area contributed by atoms with Crippen molar-refractivity contribution >= 4 is 43.8 Å². The molecule has 0 aromatic heterocycles. The highest BCUT2D eigenvalue weighted by Crippen LogP contribution is 2.35. The van der Waals surface area contributed by atoms with Gasteiger partial charge in [-0.2, -0.15) is 5.10 Å². The van der Waals surface area contributed by atoms with Crippen LogP contribution in [0.25, 0.3) is 0 Å². The normalized spacial score (nSPS) is 11.4. The van der Waals surface area contributed by atoms with Gasteiger partial charge in [0.2, 0.25) is 10.0 Å². The maximum atomic E-state index is 12.4. The quantitative estimate of drug-likeness (QED) is 0.446. The summed E-state index contributed by atoms with van der Waals surface area (Å²) in [5.74, 6) is 0.464. The number of carbonyl (C=O) groups excluding carboxylic acids is 1. The Kier molecular flexibility index (Phi) is 7.85. The second kappa shape index (κ2) is 9.94. The van der Waals surface area contributed by atoms with Gasteiger partial charge in [-0.25, -0.2) is 13.8 Å². The van der Waals surface area contributed by atoms with Crippen molar-refractivity contribution < 1.29 is 22.7 Å². The molecule has 0 aliphatic heterocycles. The lowest BCUT2D eigenvalue weighted by Gasteiger charge is -2.23. The van der Waals surface area contributed by atoms with E-state index >= 15 is 0 Å². The third kappa shape index (κ3) is 5.96. The maximum Gasteiger partial charge on any atom is 0.260 e. The number of carbonyl (C=O) groups is 1. The van der Waals surface area contributed by atoms with Gasteiger partial charge in [0, 0.05) is 0 Å². The minimum Gasteiger partial charge on any atom is -0.493 e. The van der Waals surface area contributed by atoms with E-state index < -0.39 is 22.5 Å². The molecule has 0 bridgehead atoms. The molecule has 2 rings (SSSR count). The Bertz CT molecular complexity index is 1070. The number of halogens is 1. The molecular weight excluding hydrogens is 474 g/mol. The number of amides is 1. The summed E-state index contributed by atoms with van der Waals surface area (Å²) >= 11 is 3.39. The molecule has 0 unspecified atom stereocenters. The number of nitrogens with zero attached hydrogens (tertiary/aromatic N) is 2. The summed E-state index contributed by atoms with van der Waals surface area (Å²) in [4.78, 5) is 12.4. The highest BCUT2D eigenvalue weighted by molar-refractivity contribution is 9.10. The summed E-state index contributed by atoms with van der Waals surface area (Å²) in [5, 5.41) is 3.92. The van der Waals surface area contributed by atoms with Crippen LogP contribution in [0.1, 0.15) is 16.7 Å². The van der Waals surface area contributed by atoms with Crippen molar-refractivity contribution in [3.63, 3.8) is 0 Å². The van der Waals surface area contributed by atoms with Gasteiger partial charge in [-0.1, -0.05) is 12.1 Å². The molecule has 8 nitrogen and oxygen atoms in total. The topological polar surface area (TPSA) is 97.3 Å². The molecule has 2 aromatic rings. The number of anilines is 1. The molecule has 1 amide bonds. The smallest absolute Gasteiger partial charge is 0.260 e. The van der Waals surface area contributed by atoms with E-state index in [1.807, 2.05) is 19.1 Å². The fourth-order valence-corrected chi connectivity index (χ4v) is 4.25. The molecule has 0 spiro atoms. The summed E-state index contributed by atoms with van der Waals surface area (Å²) in [7, 11) is -0.626. The average molecular weight is 498 g/mol. The average Bonchev–Trinajstić information content (AvgIpc) is 2.66. The number of benzene rings is 2. The van der Waals surface area contributed by atoms with Gasteiger partial charge >= 0.3 is 0 Å². The number of sulfonamides is 1. The van der Waals surface area contributed by atoms with Gasteiger partial charge in [0.1, 0.15) is 6.54 Å². The molecule has 30 heavy (non-hydrogen) atoms. The zero-order chi connectivity index (χ0) is 22.5. The summed E-state index contributed by atoms with van der Waals surface area (Å²) < 4.78 is 36.8. The lowest BCUT2D eigenvalue weighted by atomic mass is 10.1. The molecule has 162 valence electrons. The van der Waals surface area contributed by atoms with Gasteiger partial charge in [-0.3, -0.25) is 9.10 Å². The number of hydrogen-bond acceptors (Lipinski definition) is 6. The fourth-order valence-electron chi connectivity index (χ4n) is 2.73. The SMILES string of the molecule is COc1cc(/C=N\NC(=O)CN(c2cc(C)ccc2C)S(C)(=O)=O)cc(Br)c1OC. The van der Waals surface area contributed by atoms with Crippen LogP contribution in [0.2, 0.25) is 0 Å².